The van der Waals surface area contributed by atoms with Gasteiger partial charge in [-0.05, 0) is 32.2 Å². The van der Waals surface area contributed by atoms with Crippen LogP contribution >= 0.6 is 0 Å². The summed E-state index contributed by atoms with van der Waals surface area (Å²) >= 11 is 0. The SMILES string of the molecule is CNC(=O)C1CCCN1C(=O)CC1CCCCN1. The lowest BCUT2D eigenvalue weighted by Crippen LogP contribution is -2.47. The molecular weight excluding hydrogens is 230 g/mol. The number of carbonyl (C=O) groups excluding carboxylic acids is 2. The zero-order valence-electron chi connectivity index (χ0n) is 11.1. The van der Waals surface area contributed by atoms with Gasteiger partial charge in [0.25, 0.3) is 0 Å². The number of likely N-dealkylation sites (N-methyl/N-ethyl adjacent to an activating group) is 1. The van der Waals surface area contributed by atoms with Crippen molar-refractivity contribution in [3.05, 3.63) is 0 Å². The molecule has 2 atom stereocenters. The fourth-order valence-electron chi connectivity index (χ4n) is 2.93. The van der Waals surface area contributed by atoms with E-state index < -0.39 is 0 Å². The number of nitrogens with zero attached hydrogens (tertiary/aromatic N) is 1. The zero-order chi connectivity index (χ0) is 13.0. The molecule has 0 bridgehead atoms. The maximum atomic E-state index is 12.3. The van der Waals surface area contributed by atoms with Crippen LogP contribution in [0, 0.1) is 0 Å². The van der Waals surface area contributed by atoms with Gasteiger partial charge in [0.05, 0.1) is 0 Å². The van der Waals surface area contributed by atoms with E-state index in [-0.39, 0.29) is 17.9 Å². The summed E-state index contributed by atoms with van der Waals surface area (Å²) in [5.74, 6) is 0.0953. The number of likely N-dealkylation sites (tertiary alicyclic amines) is 1. The van der Waals surface area contributed by atoms with E-state index in [4.69, 9.17) is 0 Å². The van der Waals surface area contributed by atoms with E-state index in [9.17, 15) is 9.59 Å². The second kappa shape index (κ2) is 6.18. The molecule has 2 heterocycles. The van der Waals surface area contributed by atoms with Gasteiger partial charge in [0.1, 0.15) is 6.04 Å². The summed E-state index contributed by atoms with van der Waals surface area (Å²) in [6, 6.07) is 0.0586. The summed E-state index contributed by atoms with van der Waals surface area (Å²) in [6.45, 7) is 1.74. The molecule has 2 fully saturated rings. The molecule has 18 heavy (non-hydrogen) atoms. The molecule has 2 aliphatic rings. The number of piperidine rings is 1. The number of hydrogen-bond donors (Lipinski definition) is 2. The van der Waals surface area contributed by atoms with Crippen LogP contribution in [0.4, 0.5) is 0 Å². The standard InChI is InChI=1S/C13H23N3O2/c1-14-13(18)11-6-4-8-16(11)12(17)9-10-5-2-3-7-15-10/h10-11,15H,2-9H2,1H3,(H,14,18). The lowest BCUT2D eigenvalue weighted by Gasteiger charge is -2.28. The molecule has 2 saturated heterocycles. The Balaban J connectivity index is 1.89. The van der Waals surface area contributed by atoms with Gasteiger partial charge in [-0.15, -0.1) is 0 Å². The number of nitrogens with one attached hydrogen (secondary N) is 2. The van der Waals surface area contributed by atoms with E-state index in [1.165, 1.54) is 12.8 Å². The highest BCUT2D eigenvalue weighted by molar-refractivity contribution is 5.88. The van der Waals surface area contributed by atoms with Crippen LogP contribution in [0.1, 0.15) is 38.5 Å². The minimum atomic E-state index is -0.244. The quantitative estimate of drug-likeness (QED) is 0.758. The van der Waals surface area contributed by atoms with E-state index in [0.29, 0.717) is 12.5 Å². The number of hydrogen-bond acceptors (Lipinski definition) is 3. The van der Waals surface area contributed by atoms with E-state index >= 15 is 0 Å². The monoisotopic (exact) mass is 253 g/mol. The van der Waals surface area contributed by atoms with Gasteiger partial charge in [-0.2, -0.15) is 0 Å². The van der Waals surface area contributed by atoms with E-state index in [1.54, 1.807) is 11.9 Å². The molecule has 2 rings (SSSR count). The summed E-state index contributed by atoms with van der Waals surface area (Å²) in [4.78, 5) is 25.7. The first kappa shape index (κ1) is 13.3. The number of rotatable bonds is 3. The Morgan fingerprint density at radius 3 is 2.78 bits per heavy atom. The van der Waals surface area contributed by atoms with Crippen molar-refractivity contribution in [2.24, 2.45) is 0 Å². The summed E-state index contributed by atoms with van der Waals surface area (Å²) in [5.41, 5.74) is 0. The van der Waals surface area contributed by atoms with Crippen molar-refractivity contribution < 1.29 is 9.59 Å². The molecule has 2 N–H and O–H groups in total. The number of amides is 2. The summed E-state index contributed by atoms with van der Waals surface area (Å²) < 4.78 is 0. The fraction of sp³-hybridized carbons (Fsp3) is 0.846. The third-order valence-electron chi connectivity index (χ3n) is 3.96. The van der Waals surface area contributed by atoms with Crippen LogP contribution in [0.15, 0.2) is 0 Å². The topological polar surface area (TPSA) is 61.4 Å². The summed E-state index contributed by atoms with van der Waals surface area (Å²) in [7, 11) is 1.63. The van der Waals surface area contributed by atoms with Crippen molar-refractivity contribution in [2.45, 2.75) is 50.6 Å². The second-order valence-corrected chi connectivity index (χ2v) is 5.21. The molecule has 5 heteroatoms. The predicted octanol–water partition coefficient (Wildman–Crippen LogP) is 0.256. The zero-order valence-corrected chi connectivity index (χ0v) is 11.1. The third kappa shape index (κ3) is 3.02. The van der Waals surface area contributed by atoms with Gasteiger partial charge < -0.3 is 15.5 Å². The fourth-order valence-corrected chi connectivity index (χ4v) is 2.93. The molecule has 0 aromatic rings. The van der Waals surface area contributed by atoms with Crippen LogP contribution in [-0.2, 0) is 9.59 Å². The average Bonchev–Trinajstić information content (AvgIpc) is 2.88. The average molecular weight is 253 g/mol. The van der Waals surface area contributed by atoms with Crippen LogP contribution < -0.4 is 10.6 Å². The van der Waals surface area contributed by atoms with Crippen molar-refractivity contribution in [1.29, 1.82) is 0 Å². The van der Waals surface area contributed by atoms with Crippen molar-refractivity contribution in [3.63, 3.8) is 0 Å². The van der Waals surface area contributed by atoms with Gasteiger partial charge in [0.15, 0.2) is 0 Å². The largest absolute Gasteiger partial charge is 0.357 e. The Labute approximate surface area is 108 Å². The molecule has 0 aromatic heterocycles. The molecule has 102 valence electrons. The van der Waals surface area contributed by atoms with Crippen LogP contribution in [0.2, 0.25) is 0 Å². The van der Waals surface area contributed by atoms with Crippen LogP contribution in [0.25, 0.3) is 0 Å². The molecule has 0 saturated carbocycles. The van der Waals surface area contributed by atoms with Gasteiger partial charge in [0, 0.05) is 26.1 Å². The van der Waals surface area contributed by atoms with Crippen molar-refractivity contribution in [3.8, 4) is 0 Å². The minimum Gasteiger partial charge on any atom is -0.357 e. The smallest absolute Gasteiger partial charge is 0.242 e. The normalized spacial score (nSPS) is 28.2. The first-order valence-electron chi connectivity index (χ1n) is 6.97. The highest BCUT2D eigenvalue weighted by Gasteiger charge is 2.34. The van der Waals surface area contributed by atoms with Crippen LogP contribution in [0.5, 0.6) is 0 Å². The van der Waals surface area contributed by atoms with Gasteiger partial charge in [-0.25, -0.2) is 0 Å². The van der Waals surface area contributed by atoms with Gasteiger partial charge in [-0.3, -0.25) is 9.59 Å². The van der Waals surface area contributed by atoms with Gasteiger partial charge >= 0.3 is 0 Å². The molecule has 5 nitrogen and oxygen atoms in total. The van der Waals surface area contributed by atoms with Crippen molar-refractivity contribution in [1.82, 2.24) is 15.5 Å². The Hall–Kier alpha value is -1.10. The lowest BCUT2D eigenvalue weighted by molar-refractivity contribution is -0.138. The maximum Gasteiger partial charge on any atom is 0.242 e. The Morgan fingerprint density at radius 1 is 1.28 bits per heavy atom. The molecule has 2 amide bonds. The van der Waals surface area contributed by atoms with Crippen LogP contribution in [-0.4, -0.2) is 48.9 Å². The predicted molar refractivity (Wildman–Crippen MR) is 69.1 cm³/mol. The first-order chi connectivity index (χ1) is 8.72. The molecular formula is C13H23N3O2. The van der Waals surface area contributed by atoms with E-state index in [2.05, 4.69) is 10.6 Å². The molecule has 2 unspecified atom stereocenters. The summed E-state index contributed by atoms with van der Waals surface area (Å²) in [6.07, 6.45) is 5.74. The molecule has 0 radical (unpaired) electrons. The Kier molecular flexibility index (Phi) is 4.58. The molecule has 0 aliphatic carbocycles. The Morgan fingerprint density at radius 2 is 2.11 bits per heavy atom. The third-order valence-corrected chi connectivity index (χ3v) is 3.96. The number of carbonyl (C=O) groups is 2. The van der Waals surface area contributed by atoms with Crippen molar-refractivity contribution >= 4 is 11.8 Å². The minimum absolute atomic E-state index is 0.0301. The Bertz CT molecular complexity index is 313. The van der Waals surface area contributed by atoms with Gasteiger partial charge in [-0.1, -0.05) is 6.42 Å². The molecule has 2 aliphatic heterocycles. The summed E-state index contributed by atoms with van der Waals surface area (Å²) in [5, 5.41) is 6.03. The van der Waals surface area contributed by atoms with Crippen LogP contribution in [0.3, 0.4) is 0 Å². The molecule has 0 aromatic carbocycles. The maximum absolute atomic E-state index is 12.3. The molecule has 0 spiro atoms. The van der Waals surface area contributed by atoms with Gasteiger partial charge in [0.2, 0.25) is 11.8 Å². The van der Waals surface area contributed by atoms with E-state index in [1.807, 2.05) is 0 Å². The lowest BCUT2D eigenvalue weighted by atomic mass is 10.0. The first-order valence-corrected chi connectivity index (χ1v) is 6.97. The highest BCUT2D eigenvalue weighted by atomic mass is 16.2. The van der Waals surface area contributed by atoms with Crippen molar-refractivity contribution in [2.75, 3.05) is 20.1 Å². The highest BCUT2D eigenvalue weighted by Crippen LogP contribution is 2.20. The second-order valence-electron chi connectivity index (χ2n) is 5.21. The van der Waals surface area contributed by atoms with E-state index in [0.717, 1.165) is 32.4 Å².